The smallest absolute Gasteiger partial charge is 0.115 e. The van der Waals surface area contributed by atoms with Crippen molar-refractivity contribution in [3.05, 3.63) is 0 Å². The van der Waals surface area contributed by atoms with Crippen LogP contribution in [0.4, 0.5) is 4.39 Å². The maximum Gasteiger partial charge on any atom is 0.115 e. The number of nitrogens with zero attached hydrogens (tertiary/aromatic N) is 1. The largest absolute Gasteiger partial charge is 0.299 e. The first kappa shape index (κ1) is 8.67. The Morgan fingerprint density at radius 3 is 2.56 bits per heavy atom. The molecule has 1 fully saturated rings. The third kappa shape index (κ3) is 2.17. The van der Waals surface area contributed by atoms with Gasteiger partial charge in [0.15, 0.2) is 0 Å². The minimum absolute atomic E-state index is 0. The molecule has 1 rings (SSSR count). The summed E-state index contributed by atoms with van der Waals surface area (Å²) < 4.78 is 12.1. The van der Waals surface area contributed by atoms with Gasteiger partial charge in [0.1, 0.15) is 6.17 Å². The molecular formula is C5H8ClFN2. The quantitative estimate of drug-likeness (QED) is 0.550. The maximum absolute atomic E-state index is 12.1. The summed E-state index contributed by atoms with van der Waals surface area (Å²) >= 11 is 0. The number of alkyl halides is 1. The summed E-state index contributed by atoms with van der Waals surface area (Å²) in [7, 11) is 0. The van der Waals surface area contributed by atoms with Crippen molar-refractivity contribution in [3.63, 3.8) is 0 Å². The molecule has 1 aliphatic heterocycles. The Balaban J connectivity index is 0.000000640. The minimum atomic E-state index is -0.806. The summed E-state index contributed by atoms with van der Waals surface area (Å²) in [6.45, 7) is 0.345. The molecule has 0 aliphatic carbocycles. The van der Waals surface area contributed by atoms with E-state index in [1.165, 1.54) is 0 Å². The van der Waals surface area contributed by atoms with Crippen LogP contribution in [0.3, 0.4) is 0 Å². The zero-order valence-electron chi connectivity index (χ0n) is 4.80. The monoisotopic (exact) mass is 150 g/mol. The lowest BCUT2D eigenvalue weighted by Gasteiger charge is -1.91. The summed E-state index contributed by atoms with van der Waals surface area (Å²) in [6, 6.07) is 1.70. The van der Waals surface area contributed by atoms with Gasteiger partial charge >= 0.3 is 0 Å². The zero-order valence-corrected chi connectivity index (χ0v) is 5.62. The number of halogens is 2. The molecule has 2 nitrogen and oxygen atoms in total. The molecule has 4 heteroatoms. The predicted molar refractivity (Wildman–Crippen MR) is 34.2 cm³/mol. The molecule has 0 aromatic rings. The van der Waals surface area contributed by atoms with Crippen LogP contribution in [-0.4, -0.2) is 18.8 Å². The van der Waals surface area contributed by atoms with E-state index in [-0.39, 0.29) is 18.4 Å². The Labute approximate surface area is 59.5 Å². The summed E-state index contributed by atoms with van der Waals surface area (Å²) in [5.41, 5.74) is 0. The number of rotatable bonds is 0. The normalized spacial score (nSPS) is 32.9. The van der Waals surface area contributed by atoms with E-state index in [0.29, 0.717) is 13.0 Å². The van der Waals surface area contributed by atoms with Gasteiger partial charge in [0.05, 0.1) is 12.1 Å². The van der Waals surface area contributed by atoms with Gasteiger partial charge in [0.2, 0.25) is 0 Å². The third-order valence-corrected chi connectivity index (χ3v) is 1.23. The first-order chi connectivity index (χ1) is 3.83. The molecule has 52 valence electrons. The topological polar surface area (TPSA) is 35.8 Å². The molecule has 0 amide bonds. The summed E-state index contributed by atoms with van der Waals surface area (Å²) in [6.07, 6.45) is -0.448. The van der Waals surface area contributed by atoms with E-state index in [1.54, 1.807) is 0 Å². The Hall–Kier alpha value is -0.330. The minimum Gasteiger partial charge on any atom is -0.299 e. The molecule has 0 radical (unpaired) electrons. The van der Waals surface area contributed by atoms with Crippen molar-refractivity contribution in [2.45, 2.75) is 18.6 Å². The van der Waals surface area contributed by atoms with Crippen molar-refractivity contribution >= 4 is 12.4 Å². The van der Waals surface area contributed by atoms with Gasteiger partial charge in [0.25, 0.3) is 0 Å². The molecular weight excluding hydrogens is 143 g/mol. The van der Waals surface area contributed by atoms with E-state index < -0.39 is 6.17 Å². The summed E-state index contributed by atoms with van der Waals surface area (Å²) in [5.74, 6) is 0. The van der Waals surface area contributed by atoms with Crippen LogP contribution >= 0.6 is 12.4 Å². The van der Waals surface area contributed by atoms with Crippen LogP contribution in [0.5, 0.6) is 0 Å². The third-order valence-electron chi connectivity index (χ3n) is 1.23. The van der Waals surface area contributed by atoms with Crippen LogP contribution in [0.2, 0.25) is 0 Å². The van der Waals surface area contributed by atoms with Gasteiger partial charge < -0.3 is 0 Å². The van der Waals surface area contributed by atoms with Gasteiger partial charge in [-0.1, -0.05) is 0 Å². The zero-order chi connectivity index (χ0) is 5.98. The van der Waals surface area contributed by atoms with Crippen LogP contribution in [0.25, 0.3) is 0 Å². The SMILES string of the molecule is Cl.N#C[C@@H]1C[C@@H](F)CN1. The average molecular weight is 151 g/mol. The lowest BCUT2D eigenvalue weighted by atomic mass is 10.2. The second kappa shape index (κ2) is 3.65. The molecule has 0 unspecified atom stereocenters. The number of hydrogen-bond acceptors (Lipinski definition) is 2. The van der Waals surface area contributed by atoms with E-state index >= 15 is 0 Å². The molecule has 1 saturated heterocycles. The maximum atomic E-state index is 12.1. The second-order valence-corrected chi connectivity index (χ2v) is 1.92. The molecule has 2 atom stereocenters. The summed E-state index contributed by atoms with van der Waals surface area (Å²) in [4.78, 5) is 0. The first-order valence-electron chi connectivity index (χ1n) is 2.60. The molecule has 0 aromatic heterocycles. The van der Waals surface area contributed by atoms with Crippen LogP contribution in [0.1, 0.15) is 6.42 Å². The lowest BCUT2D eigenvalue weighted by molar-refractivity contribution is 0.359. The number of hydrogen-bond donors (Lipinski definition) is 1. The predicted octanol–water partition coefficient (Wildman–Crippen LogP) is 0.632. The van der Waals surface area contributed by atoms with Gasteiger partial charge in [-0.15, -0.1) is 12.4 Å². The van der Waals surface area contributed by atoms with Crippen LogP contribution in [0, 0.1) is 11.3 Å². The van der Waals surface area contributed by atoms with Gasteiger partial charge in [-0.25, -0.2) is 4.39 Å². The fraction of sp³-hybridized carbons (Fsp3) is 0.800. The molecule has 1 aliphatic rings. The van der Waals surface area contributed by atoms with E-state index in [0.717, 1.165) is 0 Å². The highest BCUT2D eigenvalue weighted by Gasteiger charge is 2.22. The Bertz CT molecular complexity index is 123. The average Bonchev–Trinajstić information content (AvgIpc) is 2.14. The Kier molecular flexibility index (Phi) is 3.52. The Morgan fingerprint density at radius 1 is 1.67 bits per heavy atom. The second-order valence-electron chi connectivity index (χ2n) is 1.92. The van der Waals surface area contributed by atoms with E-state index in [1.807, 2.05) is 6.07 Å². The van der Waals surface area contributed by atoms with Crippen molar-refractivity contribution in [2.75, 3.05) is 6.54 Å². The van der Waals surface area contributed by atoms with Crippen LogP contribution in [0.15, 0.2) is 0 Å². The standard InChI is InChI=1S/C5H7FN2.ClH/c6-4-1-5(2-7)8-3-4;/h4-5,8H,1,3H2;1H/t4-,5+;/m1./s1. The molecule has 0 spiro atoms. The van der Waals surface area contributed by atoms with Gasteiger partial charge in [-0.2, -0.15) is 5.26 Å². The van der Waals surface area contributed by atoms with E-state index in [9.17, 15) is 4.39 Å². The fourth-order valence-electron chi connectivity index (χ4n) is 0.791. The van der Waals surface area contributed by atoms with Crippen molar-refractivity contribution in [1.29, 1.82) is 5.26 Å². The molecule has 0 bridgehead atoms. The Morgan fingerprint density at radius 2 is 2.33 bits per heavy atom. The van der Waals surface area contributed by atoms with Crippen molar-refractivity contribution < 1.29 is 4.39 Å². The van der Waals surface area contributed by atoms with Crippen molar-refractivity contribution in [3.8, 4) is 6.07 Å². The molecule has 9 heavy (non-hydrogen) atoms. The van der Waals surface area contributed by atoms with Crippen molar-refractivity contribution in [2.24, 2.45) is 0 Å². The van der Waals surface area contributed by atoms with Gasteiger partial charge in [-0.3, -0.25) is 5.32 Å². The number of nitrogens with one attached hydrogen (secondary N) is 1. The van der Waals surface area contributed by atoms with Crippen molar-refractivity contribution in [1.82, 2.24) is 5.32 Å². The van der Waals surface area contributed by atoms with Crippen LogP contribution in [-0.2, 0) is 0 Å². The van der Waals surface area contributed by atoms with E-state index in [4.69, 9.17) is 5.26 Å². The van der Waals surface area contributed by atoms with Crippen LogP contribution < -0.4 is 5.32 Å². The van der Waals surface area contributed by atoms with E-state index in [2.05, 4.69) is 5.32 Å². The highest BCUT2D eigenvalue weighted by molar-refractivity contribution is 5.85. The highest BCUT2D eigenvalue weighted by Crippen LogP contribution is 2.07. The number of nitriles is 1. The molecule has 1 N–H and O–H groups in total. The summed E-state index contributed by atoms with van der Waals surface area (Å²) in [5, 5.41) is 10.9. The molecule has 0 aromatic carbocycles. The first-order valence-corrected chi connectivity index (χ1v) is 2.60. The van der Waals surface area contributed by atoms with Gasteiger partial charge in [0, 0.05) is 13.0 Å². The highest BCUT2D eigenvalue weighted by atomic mass is 35.5. The van der Waals surface area contributed by atoms with Gasteiger partial charge in [-0.05, 0) is 0 Å². The molecule has 1 heterocycles. The molecule has 0 saturated carbocycles. The lowest BCUT2D eigenvalue weighted by Crippen LogP contribution is -2.18. The fourth-order valence-corrected chi connectivity index (χ4v) is 0.791.